The molecule has 0 saturated carbocycles. The summed E-state index contributed by atoms with van der Waals surface area (Å²) >= 11 is 0. The van der Waals surface area contributed by atoms with Gasteiger partial charge in [0.2, 0.25) is 11.9 Å². The minimum absolute atomic E-state index is 0.0893. The van der Waals surface area contributed by atoms with Gasteiger partial charge in [0.1, 0.15) is 5.82 Å². The summed E-state index contributed by atoms with van der Waals surface area (Å²) in [5.74, 6) is 1.83. The molecular weight excluding hydrogens is 396 g/mol. The summed E-state index contributed by atoms with van der Waals surface area (Å²) in [5.41, 5.74) is 1.63. The van der Waals surface area contributed by atoms with Gasteiger partial charge in [-0.05, 0) is 32.4 Å². The van der Waals surface area contributed by atoms with E-state index in [0.717, 1.165) is 36.4 Å². The highest BCUT2D eigenvalue weighted by Crippen LogP contribution is 2.32. The second-order valence-electron chi connectivity index (χ2n) is 8.73. The number of amides is 1. The van der Waals surface area contributed by atoms with E-state index in [1.165, 1.54) is 0 Å². The van der Waals surface area contributed by atoms with Crippen molar-refractivity contribution in [3.8, 4) is 0 Å². The number of pyridine rings is 1. The second kappa shape index (κ2) is 8.55. The highest BCUT2D eigenvalue weighted by Gasteiger charge is 2.28. The zero-order chi connectivity index (χ0) is 21.4. The van der Waals surface area contributed by atoms with Crippen LogP contribution in [0.5, 0.6) is 0 Å². The number of hydrogen-bond acceptors (Lipinski definition) is 8. The molecule has 5 rings (SSSR count). The van der Waals surface area contributed by atoms with Gasteiger partial charge >= 0.3 is 0 Å². The summed E-state index contributed by atoms with van der Waals surface area (Å²) in [4.78, 5) is 31.3. The number of rotatable bonds is 3. The number of carbonyl (C=O) groups is 1. The first kappa shape index (κ1) is 20.4. The first-order chi connectivity index (χ1) is 15.1. The van der Waals surface area contributed by atoms with Gasteiger partial charge in [0.15, 0.2) is 5.65 Å². The lowest BCUT2D eigenvalue weighted by Crippen LogP contribution is -2.46. The van der Waals surface area contributed by atoms with E-state index in [9.17, 15) is 4.79 Å². The Labute approximate surface area is 182 Å². The molecule has 3 aliphatic heterocycles. The third-order valence-electron chi connectivity index (χ3n) is 6.48. The van der Waals surface area contributed by atoms with E-state index in [-0.39, 0.29) is 23.9 Å². The van der Waals surface area contributed by atoms with Crippen molar-refractivity contribution < 1.29 is 14.3 Å². The van der Waals surface area contributed by atoms with Crippen molar-refractivity contribution in [2.75, 3.05) is 55.9 Å². The molecule has 0 spiro atoms. The fourth-order valence-electron chi connectivity index (χ4n) is 4.67. The lowest BCUT2D eigenvalue weighted by Gasteiger charge is -2.37. The van der Waals surface area contributed by atoms with Crippen LogP contribution in [0.1, 0.15) is 38.3 Å². The van der Waals surface area contributed by atoms with Gasteiger partial charge in [-0.15, -0.1) is 0 Å². The molecule has 0 aromatic carbocycles. The van der Waals surface area contributed by atoms with Crippen LogP contribution in [0.25, 0.3) is 11.0 Å². The van der Waals surface area contributed by atoms with Crippen LogP contribution in [0.15, 0.2) is 12.1 Å². The fourth-order valence-corrected chi connectivity index (χ4v) is 4.67. The Morgan fingerprint density at radius 3 is 2.45 bits per heavy atom. The van der Waals surface area contributed by atoms with E-state index >= 15 is 0 Å². The first-order valence-corrected chi connectivity index (χ1v) is 11.2. The molecule has 3 saturated heterocycles. The van der Waals surface area contributed by atoms with Crippen molar-refractivity contribution in [1.82, 2.24) is 20.3 Å². The molecule has 1 N–H and O–H groups in total. The van der Waals surface area contributed by atoms with Crippen LogP contribution in [-0.2, 0) is 14.3 Å². The molecule has 3 aliphatic rings. The van der Waals surface area contributed by atoms with E-state index in [0.29, 0.717) is 51.0 Å². The van der Waals surface area contributed by atoms with E-state index < -0.39 is 0 Å². The number of aromatic nitrogens is 3. The van der Waals surface area contributed by atoms with Crippen LogP contribution >= 0.6 is 0 Å². The predicted octanol–water partition coefficient (Wildman–Crippen LogP) is 1.47. The summed E-state index contributed by atoms with van der Waals surface area (Å²) in [7, 11) is 0. The maximum atomic E-state index is 11.9. The molecule has 166 valence electrons. The minimum Gasteiger partial charge on any atom is -0.377 e. The second-order valence-corrected chi connectivity index (χ2v) is 8.73. The highest BCUT2D eigenvalue weighted by molar-refractivity contribution is 5.88. The molecule has 9 heteroatoms. The minimum atomic E-state index is 0.0893. The quantitative estimate of drug-likeness (QED) is 0.789. The predicted molar refractivity (Wildman–Crippen MR) is 118 cm³/mol. The molecule has 1 unspecified atom stereocenters. The molecule has 31 heavy (non-hydrogen) atoms. The molecule has 9 nitrogen and oxygen atoms in total. The molecular formula is C22H30N6O3. The molecule has 2 aromatic heterocycles. The van der Waals surface area contributed by atoms with Crippen molar-refractivity contribution >= 4 is 28.7 Å². The van der Waals surface area contributed by atoms with Crippen LogP contribution < -0.4 is 15.1 Å². The van der Waals surface area contributed by atoms with Gasteiger partial charge in [0.05, 0.1) is 43.9 Å². The Balaban J connectivity index is 1.60. The summed E-state index contributed by atoms with van der Waals surface area (Å²) < 4.78 is 11.3. The Kier molecular flexibility index (Phi) is 5.62. The van der Waals surface area contributed by atoms with E-state index in [2.05, 4.69) is 35.0 Å². The largest absolute Gasteiger partial charge is 0.377 e. The van der Waals surface area contributed by atoms with Crippen LogP contribution in [0.4, 0.5) is 11.8 Å². The standard InChI is InChI=1S/C22H30N6O3/c1-14-12-30-9-7-27(14)21-17-3-4-18(16-5-6-23-19(29)11-16)24-20(17)25-22(26-21)28-8-10-31-13-15(28)2/h3-4,14-16H,5-13H2,1-2H3,(H,23,29)/t14-,15-,16?/m0/s1. The molecule has 5 heterocycles. The summed E-state index contributed by atoms with van der Waals surface area (Å²) in [5, 5.41) is 3.85. The number of fused-ring (bicyclic) bond motifs is 1. The van der Waals surface area contributed by atoms with Crippen LogP contribution in [0, 0.1) is 0 Å². The SMILES string of the molecule is C[C@H]1COCCN1c1nc(N2CCOC[C@@H]2C)c2ccc(C3CCNC(=O)C3)nc2n1. The average Bonchev–Trinajstić information content (AvgIpc) is 2.79. The number of piperidine rings is 1. The zero-order valence-electron chi connectivity index (χ0n) is 18.2. The maximum Gasteiger partial charge on any atom is 0.229 e. The number of anilines is 2. The zero-order valence-corrected chi connectivity index (χ0v) is 18.2. The fraction of sp³-hybridized carbons (Fsp3) is 0.636. The summed E-state index contributed by atoms with van der Waals surface area (Å²) in [6.07, 6.45) is 1.38. The van der Waals surface area contributed by atoms with Gasteiger partial charge in [-0.3, -0.25) is 4.79 Å². The first-order valence-electron chi connectivity index (χ1n) is 11.2. The number of morpholine rings is 2. The van der Waals surface area contributed by atoms with E-state index in [1.54, 1.807) is 0 Å². The van der Waals surface area contributed by atoms with Gasteiger partial charge < -0.3 is 24.6 Å². The van der Waals surface area contributed by atoms with Crippen molar-refractivity contribution in [2.24, 2.45) is 0 Å². The Morgan fingerprint density at radius 2 is 1.74 bits per heavy atom. The van der Waals surface area contributed by atoms with Crippen molar-refractivity contribution in [1.29, 1.82) is 0 Å². The lowest BCUT2D eigenvalue weighted by atomic mass is 9.93. The number of carbonyl (C=O) groups excluding carboxylic acids is 1. The van der Waals surface area contributed by atoms with Crippen molar-refractivity contribution in [3.05, 3.63) is 17.8 Å². The van der Waals surface area contributed by atoms with Crippen LogP contribution in [0.3, 0.4) is 0 Å². The van der Waals surface area contributed by atoms with Crippen molar-refractivity contribution in [2.45, 2.75) is 44.7 Å². The van der Waals surface area contributed by atoms with Crippen molar-refractivity contribution in [3.63, 3.8) is 0 Å². The number of nitrogens with zero attached hydrogens (tertiary/aromatic N) is 5. The van der Waals surface area contributed by atoms with Gasteiger partial charge in [-0.25, -0.2) is 4.98 Å². The smallest absolute Gasteiger partial charge is 0.229 e. The lowest BCUT2D eigenvalue weighted by molar-refractivity contribution is -0.122. The average molecular weight is 427 g/mol. The number of nitrogens with one attached hydrogen (secondary N) is 1. The molecule has 3 fully saturated rings. The highest BCUT2D eigenvalue weighted by atomic mass is 16.5. The number of hydrogen-bond donors (Lipinski definition) is 1. The maximum absolute atomic E-state index is 11.9. The van der Waals surface area contributed by atoms with Gasteiger partial charge in [0.25, 0.3) is 0 Å². The third-order valence-corrected chi connectivity index (χ3v) is 6.48. The molecule has 0 aliphatic carbocycles. The van der Waals surface area contributed by atoms with Gasteiger partial charge in [0, 0.05) is 37.7 Å². The van der Waals surface area contributed by atoms with Gasteiger partial charge in [-0.1, -0.05) is 0 Å². The normalized spacial score (nSPS) is 27.4. The molecule has 1 amide bonds. The number of ether oxygens (including phenoxy) is 2. The van der Waals surface area contributed by atoms with Crippen LogP contribution in [0.2, 0.25) is 0 Å². The molecule has 0 bridgehead atoms. The third kappa shape index (κ3) is 4.04. The molecule has 2 aromatic rings. The monoisotopic (exact) mass is 426 g/mol. The van der Waals surface area contributed by atoms with Crippen LogP contribution in [-0.4, -0.2) is 79.0 Å². The van der Waals surface area contributed by atoms with Gasteiger partial charge in [-0.2, -0.15) is 9.97 Å². The Morgan fingerprint density at radius 1 is 1.00 bits per heavy atom. The molecule has 0 radical (unpaired) electrons. The summed E-state index contributed by atoms with van der Waals surface area (Å²) in [6.45, 7) is 9.22. The Hall–Kier alpha value is -2.52. The van der Waals surface area contributed by atoms with E-state index in [1.807, 2.05) is 6.07 Å². The topological polar surface area (TPSA) is 92.7 Å². The Bertz CT molecular complexity index is 970. The molecule has 3 atom stereocenters. The van der Waals surface area contributed by atoms with E-state index in [4.69, 9.17) is 24.4 Å². The summed E-state index contributed by atoms with van der Waals surface area (Å²) in [6, 6.07) is 4.55.